The van der Waals surface area contributed by atoms with Gasteiger partial charge in [-0.2, -0.15) is 0 Å². The molecule has 1 amide bonds. The zero-order valence-electron chi connectivity index (χ0n) is 19.1. The van der Waals surface area contributed by atoms with E-state index in [1.54, 1.807) is 0 Å². The number of carboxylic acid groups (broad SMARTS) is 1. The second-order valence-electron chi connectivity index (χ2n) is 8.24. The highest BCUT2D eigenvalue weighted by atomic mass is 16.4. The number of carbonyl (C=O) groups excluding carboxylic acids is 1. The third kappa shape index (κ3) is 32.4. The molecule has 0 rings (SSSR count). The topological polar surface area (TPSA) is 66.4 Å². The smallest absolute Gasteiger partial charge is 0.322 e. The van der Waals surface area contributed by atoms with Crippen molar-refractivity contribution in [1.82, 2.24) is 5.32 Å². The first-order valence-corrected chi connectivity index (χ1v) is 11.5. The summed E-state index contributed by atoms with van der Waals surface area (Å²) in [5, 5.41) is 10.8. The van der Waals surface area contributed by atoms with Crippen molar-refractivity contribution in [3.8, 4) is 0 Å². The second-order valence-corrected chi connectivity index (χ2v) is 8.24. The molecular formula is C24H47NO3. The number of rotatable bonds is 17. The van der Waals surface area contributed by atoms with Crippen molar-refractivity contribution in [2.24, 2.45) is 5.92 Å². The van der Waals surface area contributed by atoms with Crippen LogP contribution in [0.5, 0.6) is 0 Å². The fourth-order valence-corrected chi connectivity index (χ4v) is 2.62. The van der Waals surface area contributed by atoms with Gasteiger partial charge in [0.1, 0.15) is 6.54 Å². The van der Waals surface area contributed by atoms with E-state index in [0.29, 0.717) is 6.42 Å². The summed E-state index contributed by atoms with van der Waals surface area (Å²) in [6.07, 6.45) is 21.1. The first kappa shape index (κ1) is 28.9. The van der Waals surface area contributed by atoms with E-state index in [2.05, 4.69) is 45.2 Å². The van der Waals surface area contributed by atoms with Crippen molar-refractivity contribution in [1.29, 1.82) is 0 Å². The molecule has 4 nitrogen and oxygen atoms in total. The van der Waals surface area contributed by atoms with E-state index in [-0.39, 0.29) is 12.5 Å². The predicted octanol–water partition coefficient (Wildman–Crippen LogP) is 6.89. The molecule has 0 fully saturated rings. The number of carbonyl (C=O) groups is 2. The molecule has 0 saturated heterocycles. The van der Waals surface area contributed by atoms with Crippen LogP contribution >= 0.6 is 0 Å². The Kier molecular flexibility index (Phi) is 24.5. The van der Waals surface area contributed by atoms with Crippen LogP contribution < -0.4 is 5.32 Å². The molecule has 4 heteroatoms. The van der Waals surface area contributed by atoms with E-state index < -0.39 is 5.97 Å². The van der Waals surface area contributed by atoms with Crippen molar-refractivity contribution < 1.29 is 14.7 Å². The Bertz CT molecular complexity index is 375. The Labute approximate surface area is 174 Å². The molecule has 166 valence electrons. The minimum Gasteiger partial charge on any atom is -0.480 e. The van der Waals surface area contributed by atoms with Gasteiger partial charge < -0.3 is 10.4 Å². The van der Waals surface area contributed by atoms with Crippen molar-refractivity contribution in [2.45, 2.75) is 118 Å². The Morgan fingerprint density at radius 2 is 1.21 bits per heavy atom. The fourth-order valence-electron chi connectivity index (χ4n) is 2.62. The van der Waals surface area contributed by atoms with Gasteiger partial charge in [-0.1, -0.05) is 91.2 Å². The Morgan fingerprint density at radius 1 is 0.786 bits per heavy atom. The average Bonchev–Trinajstić information content (AvgIpc) is 2.62. The molecule has 28 heavy (non-hydrogen) atoms. The van der Waals surface area contributed by atoms with Gasteiger partial charge in [0.15, 0.2) is 0 Å². The van der Waals surface area contributed by atoms with Gasteiger partial charge in [0.05, 0.1) is 0 Å². The molecule has 0 bridgehead atoms. The second kappa shape index (κ2) is 23.7. The lowest BCUT2D eigenvalue weighted by Gasteiger charge is -2.02. The van der Waals surface area contributed by atoms with Crippen molar-refractivity contribution >= 4 is 11.9 Å². The maximum absolute atomic E-state index is 11.3. The van der Waals surface area contributed by atoms with Crippen molar-refractivity contribution in [3.05, 3.63) is 12.2 Å². The zero-order chi connectivity index (χ0) is 21.5. The Morgan fingerprint density at radius 3 is 1.68 bits per heavy atom. The van der Waals surface area contributed by atoms with Crippen LogP contribution in [0, 0.1) is 5.92 Å². The van der Waals surface area contributed by atoms with Crippen LogP contribution in [-0.4, -0.2) is 23.5 Å². The lowest BCUT2D eigenvalue weighted by atomic mass is 10.1. The normalized spacial score (nSPS) is 10.8. The van der Waals surface area contributed by atoms with Gasteiger partial charge in [0, 0.05) is 6.42 Å². The SMILES string of the molecule is CC(C)C.CCCCCCCC/C=C/CCCCCCCC(=O)NCC(=O)O. The summed E-state index contributed by atoms with van der Waals surface area (Å²) in [6.45, 7) is 8.48. The molecule has 0 aromatic carbocycles. The van der Waals surface area contributed by atoms with E-state index in [9.17, 15) is 9.59 Å². The minimum atomic E-state index is -0.993. The molecule has 0 aromatic rings. The highest BCUT2D eigenvalue weighted by Gasteiger charge is 2.02. The van der Waals surface area contributed by atoms with Crippen LogP contribution in [0.15, 0.2) is 12.2 Å². The summed E-state index contributed by atoms with van der Waals surface area (Å²) in [7, 11) is 0. The van der Waals surface area contributed by atoms with Crippen LogP contribution in [0.3, 0.4) is 0 Å². The number of nitrogens with one attached hydrogen (secondary N) is 1. The monoisotopic (exact) mass is 397 g/mol. The van der Waals surface area contributed by atoms with E-state index >= 15 is 0 Å². The molecule has 0 aromatic heterocycles. The molecule has 0 aliphatic rings. The van der Waals surface area contributed by atoms with Crippen LogP contribution in [0.2, 0.25) is 0 Å². The average molecular weight is 398 g/mol. The number of amides is 1. The Hall–Kier alpha value is -1.32. The first-order valence-electron chi connectivity index (χ1n) is 11.5. The number of carboxylic acids is 1. The number of allylic oxidation sites excluding steroid dienone is 2. The third-order valence-electron chi connectivity index (χ3n) is 4.10. The molecule has 0 heterocycles. The van der Waals surface area contributed by atoms with Gasteiger partial charge in [0.2, 0.25) is 5.91 Å². The highest BCUT2D eigenvalue weighted by Crippen LogP contribution is 2.09. The third-order valence-corrected chi connectivity index (χ3v) is 4.10. The van der Waals surface area contributed by atoms with E-state index in [1.807, 2.05) is 0 Å². The lowest BCUT2D eigenvalue weighted by Crippen LogP contribution is -2.28. The van der Waals surface area contributed by atoms with E-state index in [0.717, 1.165) is 31.6 Å². The molecule has 0 unspecified atom stereocenters. The molecule has 0 aliphatic heterocycles. The van der Waals surface area contributed by atoms with Crippen LogP contribution in [0.1, 0.15) is 118 Å². The largest absolute Gasteiger partial charge is 0.480 e. The molecule has 0 atom stereocenters. The van der Waals surface area contributed by atoms with Crippen molar-refractivity contribution in [2.75, 3.05) is 6.54 Å². The fraction of sp³-hybridized carbons (Fsp3) is 0.833. The van der Waals surface area contributed by atoms with Crippen LogP contribution in [0.4, 0.5) is 0 Å². The van der Waals surface area contributed by atoms with Gasteiger partial charge in [-0.05, 0) is 38.0 Å². The van der Waals surface area contributed by atoms with Gasteiger partial charge in [-0.15, -0.1) is 0 Å². The zero-order valence-corrected chi connectivity index (χ0v) is 19.1. The standard InChI is InChI=1S/C20H37NO3.C4H10/c1-2-3-4-5-6-7-8-9-10-11-12-13-14-15-16-17-19(22)21-18-20(23)24;1-4(2)3/h9-10H,2-8,11-18H2,1H3,(H,21,22)(H,23,24);4H,1-3H3/b10-9+;. The number of aliphatic carboxylic acids is 1. The van der Waals surface area contributed by atoms with Crippen molar-refractivity contribution in [3.63, 3.8) is 0 Å². The molecule has 0 radical (unpaired) electrons. The summed E-state index contributed by atoms with van der Waals surface area (Å²) in [4.78, 5) is 21.6. The summed E-state index contributed by atoms with van der Waals surface area (Å²) >= 11 is 0. The maximum atomic E-state index is 11.3. The van der Waals surface area contributed by atoms with Gasteiger partial charge >= 0.3 is 5.97 Å². The van der Waals surface area contributed by atoms with E-state index in [4.69, 9.17) is 5.11 Å². The van der Waals surface area contributed by atoms with Gasteiger partial charge in [-0.25, -0.2) is 0 Å². The lowest BCUT2D eigenvalue weighted by molar-refractivity contribution is -0.137. The summed E-state index contributed by atoms with van der Waals surface area (Å²) in [5.74, 6) is -0.317. The van der Waals surface area contributed by atoms with Crippen LogP contribution in [0.25, 0.3) is 0 Å². The molecule has 0 aliphatic carbocycles. The van der Waals surface area contributed by atoms with E-state index in [1.165, 1.54) is 57.8 Å². The van der Waals surface area contributed by atoms with Gasteiger partial charge in [-0.3, -0.25) is 9.59 Å². The molecule has 0 saturated carbocycles. The quantitative estimate of drug-likeness (QED) is 0.207. The number of hydrogen-bond acceptors (Lipinski definition) is 2. The highest BCUT2D eigenvalue weighted by molar-refractivity contribution is 5.80. The first-order chi connectivity index (χ1) is 13.4. The predicted molar refractivity (Wildman–Crippen MR) is 121 cm³/mol. The van der Waals surface area contributed by atoms with Gasteiger partial charge in [0.25, 0.3) is 0 Å². The number of hydrogen-bond donors (Lipinski definition) is 2. The molecule has 0 spiro atoms. The Balaban J connectivity index is 0. The maximum Gasteiger partial charge on any atom is 0.322 e. The van der Waals surface area contributed by atoms with Crippen LogP contribution in [-0.2, 0) is 9.59 Å². The molecule has 2 N–H and O–H groups in total. The number of unbranched alkanes of at least 4 members (excludes halogenated alkanes) is 11. The summed E-state index contributed by atoms with van der Waals surface area (Å²) in [6, 6.07) is 0. The minimum absolute atomic E-state index is 0.157. The molecular weight excluding hydrogens is 350 g/mol. The summed E-state index contributed by atoms with van der Waals surface area (Å²) in [5.41, 5.74) is 0. The summed E-state index contributed by atoms with van der Waals surface area (Å²) < 4.78 is 0.